The van der Waals surface area contributed by atoms with Crippen LogP contribution in [0.1, 0.15) is 43.1 Å². The Balaban J connectivity index is 2.41. The molecule has 0 heterocycles. The number of esters is 1. The fourth-order valence-electron chi connectivity index (χ4n) is 3.00. The number of rotatable bonds is 11. The molecule has 0 aliphatic carbocycles. The van der Waals surface area contributed by atoms with Crippen LogP contribution in [-0.2, 0) is 35.8 Å². The molecule has 12 heteroatoms. The summed E-state index contributed by atoms with van der Waals surface area (Å²) in [5, 5.41) is 10.1. The number of nitrogens with one attached hydrogen (secondary N) is 1. The Bertz CT molecular complexity index is 1190. The number of hydrogen-bond acceptors (Lipinski definition) is 8. The number of hydroxylamine groups is 2. The fourth-order valence-corrected chi connectivity index (χ4v) is 4.32. The Morgan fingerprint density at radius 1 is 1.08 bits per heavy atom. The van der Waals surface area contributed by atoms with Crippen molar-refractivity contribution in [3.05, 3.63) is 59.7 Å². The third-order valence-corrected chi connectivity index (χ3v) is 6.20. The Morgan fingerprint density at radius 3 is 2.28 bits per heavy atom. The molecule has 0 aromatic heterocycles. The SMILES string of the molecule is CON(C)C(=O)[C@H](CC(=O)OC(C)(C)C)NS(=O)(=O)c1ccc(C(=O)O)cc1OCc1ccccc1. The lowest BCUT2D eigenvalue weighted by molar-refractivity contribution is -0.173. The van der Waals surface area contributed by atoms with Gasteiger partial charge in [-0.05, 0) is 44.5 Å². The van der Waals surface area contributed by atoms with Gasteiger partial charge in [0.15, 0.2) is 0 Å². The molecule has 2 aromatic carbocycles. The maximum atomic E-state index is 13.3. The summed E-state index contributed by atoms with van der Waals surface area (Å²) < 4.78 is 39.8. The molecule has 0 bridgehead atoms. The zero-order chi connectivity index (χ0) is 27.1. The second-order valence-corrected chi connectivity index (χ2v) is 10.4. The topological polar surface area (TPSA) is 149 Å². The first-order valence-corrected chi connectivity index (χ1v) is 12.3. The van der Waals surface area contributed by atoms with Gasteiger partial charge >= 0.3 is 11.9 Å². The van der Waals surface area contributed by atoms with E-state index in [1.165, 1.54) is 14.2 Å². The third-order valence-electron chi connectivity index (χ3n) is 4.69. The van der Waals surface area contributed by atoms with Crippen molar-refractivity contribution in [2.45, 2.75) is 50.3 Å². The number of amides is 1. The van der Waals surface area contributed by atoms with Gasteiger partial charge in [0.1, 0.15) is 28.9 Å². The van der Waals surface area contributed by atoms with Gasteiger partial charge in [0.2, 0.25) is 10.0 Å². The van der Waals surface area contributed by atoms with Crippen molar-refractivity contribution >= 4 is 27.9 Å². The van der Waals surface area contributed by atoms with E-state index in [-0.39, 0.29) is 17.9 Å². The van der Waals surface area contributed by atoms with Gasteiger partial charge in [-0.15, -0.1) is 0 Å². The maximum Gasteiger partial charge on any atom is 0.335 e. The fraction of sp³-hybridized carbons (Fsp3) is 0.375. The Labute approximate surface area is 210 Å². The zero-order valence-corrected chi connectivity index (χ0v) is 21.5. The first-order valence-electron chi connectivity index (χ1n) is 10.8. The Morgan fingerprint density at radius 2 is 1.72 bits per heavy atom. The third kappa shape index (κ3) is 8.33. The molecule has 2 N–H and O–H groups in total. The molecule has 0 fully saturated rings. The van der Waals surface area contributed by atoms with Crippen molar-refractivity contribution in [1.82, 2.24) is 9.79 Å². The first-order chi connectivity index (χ1) is 16.7. The van der Waals surface area contributed by atoms with E-state index < -0.39 is 50.8 Å². The molecule has 11 nitrogen and oxygen atoms in total. The highest BCUT2D eigenvalue weighted by Crippen LogP contribution is 2.27. The quantitative estimate of drug-likeness (QED) is 0.335. The number of carbonyl (C=O) groups is 3. The number of aromatic carboxylic acids is 1. The van der Waals surface area contributed by atoms with Gasteiger partial charge in [0.05, 0.1) is 19.1 Å². The molecule has 1 amide bonds. The maximum absolute atomic E-state index is 13.3. The van der Waals surface area contributed by atoms with Gasteiger partial charge in [0, 0.05) is 7.05 Å². The van der Waals surface area contributed by atoms with E-state index >= 15 is 0 Å². The van der Waals surface area contributed by atoms with Gasteiger partial charge in [-0.3, -0.25) is 14.4 Å². The van der Waals surface area contributed by atoms with E-state index in [0.717, 1.165) is 23.3 Å². The van der Waals surface area contributed by atoms with Crippen LogP contribution >= 0.6 is 0 Å². The average molecular weight is 523 g/mol. The van der Waals surface area contributed by atoms with Crippen LogP contribution in [0, 0.1) is 0 Å². The van der Waals surface area contributed by atoms with E-state index in [9.17, 15) is 27.9 Å². The molecule has 1 atom stereocenters. The molecule has 0 saturated carbocycles. The normalized spacial score (nSPS) is 12.5. The van der Waals surface area contributed by atoms with Crippen molar-refractivity contribution in [1.29, 1.82) is 0 Å². The zero-order valence-electron chi connectivity index (χ0n) is 20.7. The standard InChI is InChI=1S/C24H30N2O9S/c1-24(2,3)35-21(27)14-18(22(28)26(4)33-5)25-36(31,32)20-12-11-17(23(29)30)13-19(20)34-15-16-9-7-6-8-10-16/h6-13,18,25H,14-15H2,1-5H3,(H,29,30)/t18-/m0/s1. The van der Waals surface area contributed by atoms with E-state index in [1.54, 1.807) is 51.1 Å². The first kappa shape index (κ1) is 28.8. The molecule has 36 heavy (non-hydrogen) atoms. The van der Waals surface area contributed by atoms with Crippen molar-refractivity contribution in [2.24, 2.45) is 0 Å². The minimum atomic E-state index is -4.49. The predicted octanol–water partition coefficient (Wildman–Crippen LogP) is 2.36. The molecular weight excluding hydrogens is 492 g/mol. The predicted molar refractivity (Wildman–Crippen MR) is 129 cm³/mol. The van der Waals surface area contributed by atoms with Gasteiger partial charge in [-0.2, -0.15) is 4.72 Å². The summed E-state index contributed by atoms with van der Waals surface area (Å²) in [5.41, 5.74) is -0.339. The number of hydrogen-bond donors (Lipinski definition) is 2. The summed E-state index contributed by atoms with van der Waals surface area (Å²) in [7, 11) is -2.03. The Kier molecular flexibility index (Phi) is 9.56. The number of benzene rings is 2. The van der Waals surface area contributed by atoms with Gasteiger partial charge < -0.3 is 14.6 Å². The second-order valence-electron chi connectivity index (χ2n) is 8.72. The lowest BCUT2D eigenvalue weighted by atomic mass is 10.1. The molecule has 2 rings (SSSR count). The molecule has 0 radical (unpaired) electrons. The number of sulfonamides is 1. The molecule has 0 aliphatic heterocycles. The summed E-state index contributed by atoms with van der Waals surface area (Å²) in [5.74, 6) is -3.18. The van der Waals surface area contributed by atoms with Crippen molar-refractivity contribution < 1.29 is 42.2 Å². The number of nitrogens with zero attached hydrogens (tertiary/aromatic N) is 1. The van der Waals surface area contributed by atoms with E-state index in [1.807, 2.05) is 0 Å². The van der Waals surface area contributed by atoms with Gasteiger partial charge in [-0.1, -0.05) is 30.3 Å². The average Bonchev–Trinajstić information content (AvgIpc) is 2.80. The van der Waals surface area contributed by atoms with Gasteiger partial charge in [-0.25, -0.2) is 18.3 Å². The van der Waals surface area contributed by atoms with Crippen LogP contribution in [0.4, 0.5) is 0 Å². The van der Waals surface area contributed by atoms with Crippen LogP contribution in [0.3, 0.4) is 0 Å². The minimum Gasteiger partial charge on any atom is -0.487 e. The molecule has 0 unspecified atom stereocenters. The number of likely N-dealkylation sites (N-methyl/N-ethyl adjacent to an activating group) is 1. The summed E-state index contributed by atoms with van der Waals surface area (Å²) in [6.07, 6.45) is -0.615. The van der Waals surface area contributed by atoms with E-state index in [4.69, 9.17) is 14.3 Å². The van der Waals surface area contributed by atoms with E-state index in [2.05, 4.69) is 4.72 Å². The lowest BCUT2D eigenvalue weighted by Gasteiger charge is -2.25. The number of carboxylic acids is 1. The van der Waals surface area contributed by atoms with Crippen molar-refractivity contribution in [3.8, 4) is 5.75 Å². The summed E-state index contributed by atoms with van der Waals surface area (Å²) >= 11 is 0. The van der Waals surface area contributed by atoms with Crippen LogP contribution in [0.5, 0.6) is 5.75 Å². The molecule has 0 spiro atoms. The molecule has 196 valence electrons. The monoisotopic (exact) mass is 522 g/mol. The van der Waals surface area contributed by atoms with Crippen molar-refractivity contribution in [3.63, 3.8) is 0 Å². The van der Waals surface area contributed by atoms with Crippen LogP contribution in [0.2, 0.25) is 0 Å². The Hall–Kier alpha value is -3.48. The smallest absolute Gasteiger partial charge is 0.335 e. The molecular formula is C24H30N2O9S. The van der Waals surface area contributed by atoms with E-state index in [0.29, 0.717) is 5.56 Å². The summed E-state index contributed by atoms with van der Waals surface area (Å²) in [6.45, 7) is 4.85. The minimum absolute atomic E-state index is 0.0425. The van der Waals surface area contributed by atoms with Gasteiger partial charge in [0.25, 0.3) is 5.91 Å². The lowest BCUT2D eigenvalue weighted by Crippen LogP contribution is -2.48. The number of carbonyl (C=O) groups excluding carboxylic acids is 2. The largest absolute Gasteiger partial charge is 0.487 e. The summed E-state index contributed by atoms with van der Waals surface area (Å²) in [6, 6.07) is 10.5. The molecule has 2 aromatic rings. The number of carboxylic acid groups (broad SMARTS) is 1. The summed E-state index contributed by atoms with van der Waals surface area (Å²) in [4.78, 5) is 41.1. The molecule has 0 saturated heterocycles. The second kappa shape index (κ2) is 12.0. The van der Waals surface area contributed by atoms with Crippen LogP contribution in [0.25, 0.3) is 0 Å². The van der Waals surface area contributed by atoms with Crippen LogP contribution < -0.4 is 9.46 Å². The van der Waals surface area contributed by atoms with Crippen LogP contribution in [0.15, 0.2) is 53.4 Å². The highest BCUT2D eigenvalue weighted by Gasteiger charge is 2.33. The highest BCUT2D eigenvalue weighted by atomic mass is 32.2. The highest BCUT2D eigenvalue weighted by molar-refractivity contribution is 7.89. The molecule has 0 aliphatic rings. The number of ether oxygens (including phenoxy) is 2. The van der Waals surface area contributed by atoms with Crippen LogP contribution in [-0.4, -0.2) is 62.2 Å². The van der Waals surface area contributed by atoms with Crippen molar-refractivity contribution in [2.75, 3.05) is 14.2 Å².